The van der Waals surface area contributed by atoms with Gasteiger partial charge in [-0.1, -0.05) is 29.2 Å². The molecule has 10 nitrogen and oxygen atoms in total. The summed E-state index contributed by atoms with van der Waals surface area (Å²) in [5, 5.41) is 1.70. The molecule has 208 valence electrons. The molecular formula is C27H25N3O7S3. The molecule has 3 amide bonds. The number of thioether (sulfide) groups is 1. The van der Waals surface area contributed by atoms with Gasteiger partial charge in [-0.3, -0.25) is 23.7 Å². The number of aromatic nitrogens is 1. The Morgan fingerprint density at radius 2 is 1.80 bits per heavy atom. The van der Waals surface area contributed by atoms with Crippen molar-refractivity contribution < 1.29 is 28.7 Å². The number of rotatable bonds is 6. The first-order chi connectivity index (χ1) is 19.4. The number of carbonyl (C=O) groups is 4. The van der Waals surface area contributed by atoms with Gasteiger partial charge in [0.15, 0.2) is 0 Å². The number of carbonyl (C=O) groups excluding carboxylic acids is 4. The molecule has 1 aromatic carbocycles. The maximum atomic E-state index is 13.9. The van der Waals surface area contributed by atoms with Crippen molar-refractivity contribution in [3.63, 3.8) is 0 Å². The largest absolute Gasteiger partial charge is 0.462 e. The highest BCUT2D eigenvalue weighted by molar-refractivity contribution is 8.00. The lowest BCUT2D eigenvalue weighted by Crippen LogP contribution is -2.43. The quantitative estimate of drug-likeness (QED) is 0.314. The Morgan fingerprint density at radius 3 is 2.48 bits per heavy atom. The molecule has 5 heterocycles. The Hall–Kier alpha value is -3.26. The molecule has 0 N–H and O–H groups in total. The van der Waals surface area contributed by atoms with Gasteiger partial charge in [0.1, 0.15) is 11.8 Å². The van der Waals surface area contributed by atoms with E-state index in [1.54, 1.807) is 24.0 Å². The van der Waals surface area contributed by atoms with Crippen molar-refractivity contribution >= 4 is 63.8 Å². The summed E-state index contributed by atoms with van der Waals surface area (Å²) in [6, 6.07) is 9.99. The monoisotopic (exact) mass is 599 g/mol. The second kappa shape index (κ2) is 11.0. The molecule has 3 atom stereocenters. The standard InChI is InChI=1S/C27H25N3O7S3/c1-2-37-26(34)15-5-7-16(8-6-15)30-23(32)20-19(17-4-3-13-38-17)22-25(39-21(20)24(30)33)29(27(35)40-22)14-18(31)28-9-11-36-12-10-28/h3-8,13,19-21H,2,9-12,14H2,1H3/t19-,20+,21-/m0/s1. The van der Waals surface area contributed by atoms with Crippen LogP contribution in [-0.4, -0.2) is 71.3 Å². The van der Waals surface area contributed by atoms with E-state index in [0.29, 0.717) is 47.5 Å². The maximum absolute atomic E-state index is 13.9. The molecule has 6 rings (SSSR count). The van der Waals surface area contributed by atoms with Crippen molar-refractivity contribution in [2.24, 2.45) is 5.92 Å². The van der Waals surface area contributed by atoms with Gasteiger partial charge in [0, 0.05) is 28.8 Å². The summed E-state index contributed by atoms with van der Waals surface area (Å²) in [6.45, 7) is 3.66. The third kappa shape index (κ3) is 4.60. The van der Waals surface area contributed by atoms with Crippen LogP contribution >= 0.6 is 34.4 Å². The van der Waals surface area contributed by atoms with Gasteiger partial charge in [-0.05, 0) is 42.6 Å². The number of morpholine rings is 1. The fourth-order valence-electron chi connectivity index (χ4n) is 5.29. The van der Waals surface area contributed by atoms with Crippen LogP contribution in [-0.2, 0) is 30.4 Å². The zero-order chi connectivity index (χ0) is 28.0. The highest BCUT2D eigenvalue weighted by atomic mass is 32.2. The van der Waals surface area contributed by atoms with Crippen molar-refractivity contribution in [2.75, 3.05) is 37.8 Å². The second-order valence-corrected chi connectivity index (χ2v) is 12.6. The number of anilines is 1. The molecule has 3 aliphatic heterocycles. The van der Waals surface area contributed by atoms with Crippen molar-refractivity contribution in [3.8, 4) is 0 Å². The number of imide groups is 1. The molecule has 0 unspecified atom stereocenters. The molecule has 13 heteroatoms. The SMILES string of the molecule is CCOC(=O)c1ccc(N2C(=O)[C@@H]3[C@H](c4cccs4)c4sc(=O)n(CC(=O)N5CCOCC5)c4S[C@@H]3C2=O)cc1. The third-order valence-corrected chi connectivity index (χ3v) is 10.8. The predicted octanol–water partition coefficient (Wildman–Crippen LogP) is 2.80. The summed E-state index contributed by atoms with van der Waals surface area (Å²) in [6.07, 6.45) is 0. The predicted molar refractivity (Wildman–Crippen MR) is 150 cm³/mol. The highest BCUT2D eigenvalue weighted by Crippen LogP contribution is 2.54. The number of hydrogen-bond acceptors (Lipinski definition) is 10. The van der Waals surface area contributed by atoms with E-state index in [9.17, 15) is 24.0 Å². The minimum absolute atomic E-state index is 0.132. The van der Waals surface area contributed by atoms with Gasteiger partial charge in [0.05, 0.1) is 42.0 Å². The summed E-state index contributed by atoms with van der Waals surface area (Å²) in [5.74, 6) is -2.61. The summed E-state index contributed by atoms with van der Waals surface area (Å²) in [7, 11) is 0. The van der Waals surface area contributed by atoms with Crippen LogP contribution in [0.25, 0.3) is 0 Å². The number of hydrogen-bond donors (Lipinski definition) is 0. The minimum Gasteiger partial charge on any atom is -0.462 e. The van der Waals surface area contributed by atoms with Crippen LogP contribution in [0.1, 0.15) is 33.0 Å². The van der Waals surface area contributed by atoms with Gasteiger partial charge in [0.2, 0.25) is 17.7 Å². The lowest BCUT2D eigenvalue weighted by atomic mass is 9.87. The minimum atomic E-state index is -0.768. The molecule has 3 aromatic rings. The summed E-state index contributed by atoms with van der Waals surface area (Å²) >= 11 is 3.69. The van der Waals surface area contributed by atoms with Crippen molar-refractivity contribution in [1.29, 1.82) is 0 Å². The van der Waals surface area contributed by atoms with Crippen LogP contribution in [0, 0.1) is 5.92 Å². The first-order valence-electron chi connectivity index (χ1n) is 12.8. The lowest BCUT2D eigenvalue weighted by Gasteiger charge is -2.30. The summed E-state index contributed by atoms with van der Waals surface area (Å²) in [5.41, 5.74) is 0.690. The van der Waals surface area contributed by atoms with Gasteiger partial charge < -0.3 is 14.4 Å². The molecule has 2 fully saturated rings. The topological polar surface area (TPSA) is 115 Å². The lowest BCUT2D eigenvalue weighted by molar-refractivity contribution is -0.136. The van der Waals surface area contributed by atoms with Gasteiger partial charge in [-0.15, -0.1) is 11.3 Å². The van der Waals surface area contributed by atoms with Crippen LogP contribution < -0.4 is 9.77 Å². The number of nitrogens with zero attached hydrogens (tertiary/aromatic N) is 3. The van der Waals surface area contributed by atoms with E-state index in [-0.39, 0.29) is 35.7 Å². The number of thiophene rings is 1. The number of esters is 1. The van der Waals surface area contributed by atoms with Gasteiger partial charge >= 0.3 is 10.8 Å². The van der Waals surface area contributed by atoms with Crippen molar-refractivity contribution in [1.82, 2.24) is 9.47 Å². The molecule has 40 heavy (non-hydrogen) atoms. The fraction of sp³-hybridized carbons (Fsp3) is 0.370. The average Bonchev–Trinajstić information content (AvgIpc) is 3.66. The summed E-state index contributed by atoms with van der Waals surface area (Å²) in [4.78, 5) is 70.2. The van der Waals surface area contributed by atoms with Gasteiger partial charge in [-0.2, -0.15) is 0 Å². The zero-order valence-electron chi connectivity index (χ0n) is 21.4. The van der Waals surface area contributed by atoms with E-state index in [4.69, 9.17) is 9.47 Å². The number of benzene rings is 1. The molecule has 0 spiro atoms. The molecule has 2 saturated heterocycles. The van der Waals surface area contributed by atoms with Crippen molar-refractivity contribution in [3.05, 3.63) is 66.8 Å². The Morgan fingerprint density at radius 1 is 1.05 bits per heavy atom. The molecule has 0 bridgehead atoms. The van der Waals surface area contributed by atoms with E-state index in [1.807, 2.05) is 17.5 Å². The smallest absolute Gasteiger partial charge is 0.338 e. The molecule has 0 saturated carbocycles. The highest BCUT2D eigenvalue weighted by Gasteiger charge is 2.57. The van der Waals surface area contributed by atoms with E-state index in [0.717, 1.165) is 16.2 Å². The Kier molecular flexibility index (Phi) is 7.38. The van der Waals surface area contributed by atoms with E-state index < -0.39 is 23.1 Å². The number of fused-ring (bicyclic) bond motifs is 2. The van der Waals surface area contributed by atoms with Crippen LogP contribution in [0.15, 0.2) is 51.6 Å². The van der Waals surface area contributed by atoms with Gasteiger partial charge in [-0.25, -0.2) is 9.69 Å². The van der Waals surface area contributed by atoms with Crippen LogP contribution in [0.3, 0.4) is 0 Å². The number of thiazole rings is 1. The molecular weight excluding hydrogens is 575 g/mol. The second-order valence-electron chi connectivity index (χ2n) is 9.45. The van der Waals surface area contributed by atoms with Crippen LogP contribution in [0.5, 0.6) is 0 Å². The first kappa shape index (κ1) is 26.9. The van der Waals surface area contributed by atoms with Gasteiger partial charge in [0.25, 0.3) is 0 Å². The van der Waals surface area contributed by atoms with Crippen molar-refractivity contribution in [2.45, 2.75) is 29.7 Å². The average molecular weight is 600 g/mol. The van der Waals surface area contributed by atoms with Crippen LogP contribution in [0.4, 0.5) is 5.69 Å². The Bertz CT molecular complexity index is 1520. The Balaban J connectivity index is 1.36. The number of ether oxygens (including phenoxy) is 2. The molecule has 0 radical (unpaired) electrons. The van der Waals surface area contributed by atoms with E-state index >= 15 is 0 Å². The normalized spacial score (nSPS) is 22.3. The summed E-state index contributed by atoms with van der Waals surface area (Å²) < 4.78 is 11.8. The van der Waals surface area contributed by atoms with Crippen LogP contribution in [0.2, 0.25) is 0 Å². The zero-order valence-corrected chi connectivity index (χ0v) is 23.9. The maximum Gasteiger partial charge on any atom is 0.338 e. The van der Waals surface area contributed by atoms with E-state index in [1.165, 1.54) is 44.7 Å². The molecule has 3 aliphatic rings. The Labute approximate surface area is 241 Å². The molecule has 2 aromatic heterocycles. The first-order valence-corrected chi connectivity index (χ1v) is 15.4. The molecule has 0 aliphatic carbocycles. The van der Waals surface area contributed by atoms with E-state index in [2.05, 4.69) is 0 Å². The number of amides is 3. The third-order valence-electron chi connectivity index (χ3n) is 7.19. The fourth-order valence-corrected chi connectivity index (χ4v) is 9.01.